The van der Waals surface area contributed by atoms with Crippen LogP contribution in [0.4, 0.5) is 0 Å². The zero-order chi connectivity index (χ0) is 10.8. The van der Waals surface area contributed by atoms with Gasteiger partial charge in [0.15, 0.2) is 0 Å². The van der Waals surface area contributed by atoms with Gasteiger partial charge in [-0.25, -0.2) is 4.98 Å². The second-order valence-electron chi connectivity index (χ2n) is 3.18. The normalized spacial score (nSPS) is 9.93. The number of H-pyrrole nitrogens is 1. The van der Waals surface area contributed by atoms with Gasteiger partial charge in [-0.3, -0.25) is 0 Å². The van der Waals surface area contributed by atoms with Gasteiger partial charge in [0.25, 0.3) is 0 Å². The van der Waals surface area contributed by atoms with Gasteiger partial charge in [0.1, 0.15) is 6.07 Å². The molecule has 0 aliphatic heterocycles. The van der Waals surface area contributed by atoms with E-state index in [1.807, 2.05) is 37.3 Å². The molecule has 0 fully saturated rings. The number of aromatic amines is 1. The summed E-state index contributed by atoms with van der Waals surface area (Å²) in [4.78, 5) is 7.12. The van der Waals surface area contributed by atoms with Crippen LogP contribution in [0.2, 0.25) is 0 Å². The third kappa shape index (κ3) is 1.92. The Bertz CT molecular complexity index is 520. The van der Waals surface area contributed by atoms with Gasteiger partial charge in [-0.15, -0.1) is 0 Å². The molecular weight excluding hydrogens is 254 g/mol. The Balaban J connectivity index is 2.50. The molecule has 0 amide bonds. The minimum atomic E-state index is 0.352. The lowest BCUT2D eigenvalue weighted by Gasteiger charge is -1.97. The first kappa shape index (κ1) is 9.94. The first-order valence-corrected chi connectivity index (χ1v) is 5.22. The smallest absolute Gasteiger partial charge is 0.210 e. The number of hydrogen-bond acceptors (Lipinski definition) is 2. The van der Waals surface area contributed by atoms with E-state index in [9.17, 15) is 0 Å². The molecule has 0 radical (unpaired) electrons. The topological polar surface area (TPSA) is 52.5 Å². The highest BCUT2D eigenvalue weighted by Gasteiger charge is 2.07. The van der Waals surface area contributed by atoms with Crippen molar-refractivity contribution in [1.82, 2.24) is 9.97 Å². The lowest BCUT2D eigenvalue weighted by molar-refractivity contribution is 1.20. The second kappa shape index (κ2) is 3.87. The molecule has 4 heteroatoms. The van der Waals surface area contributed by atoms with Gasteiger partial charge in [-0.2, -0.15) is 5.26 Å². The monoisotopic (exact) mass is 261 g/mol. The van der Waals surface area contributed by atoms with Gasteiger partial charge in [-0.05, 0) is 19.1 Å². The lowest BCUT2D eigenvalue weighted by Crippen LogP contribution is -1.80. The summed E-state index contributed by atoms with van der Waals surface area (Å²) in [5, 5.41) is 8.72. The maximum Gasteiger partial charge on any atom is 0.210 e. The zero-order valence-electron chi connectivity index (χ0n) is 8.08. The van der Waals surface area contributed by atoms with Crippen LogP contribution in [0.5, 0.6) is 0 Å². The van der Waals surface area contributed by atoms with Crippen molar-refractivity contribution in [3.63, 3.8) is 0 Å². The van der Waals surface area contributed by atoms with Crippen LogP contribution in [0, 0.1) is 18.3 Å². The van der Waals surface area contributed by atoms with E-state index in [1.165, 1.54) is 0 Å². The Morgan fingerprint density at radius 1 is 1.33 bits per heavy atom. The fourth-order valence-electron chi connectivity index (χ4n) is 1.40. The molecule has 0 unspecified atom stereocenters. The fourth-order valence-corrected chi connectivity index (χ4v) is 1.67. The molecule has 1 aromatic carbocycles. The number of imidazole rings is 1. The summed E-state index contributed by atoms with van der Waals surface area (Å²) in [7, 11) is 0. The van der Waals surface area contributed by atoms with Crippen molar-refractivity contribution in [1.29, 1.82) is 5.26 Å². The van der Waals surface area contributed by atoms with E-state index in [0.717, 1.165) is 21.4 Å². The molecule has 0 atom stereocenters. The van der Waals surface area contributed by atoms with Crippen LogP contribution in [0.25, 0.3) is 11.3 Å². The van der Waals surface area contributed by atoms with Crippen LogP contribution in [-0.2, 0) is 0 Å². The van der Waals surface area contributed by atoms with Crippen LogP contribution in [0.15, 0.2) is 28.7 Å². The van der Waals surface area contributed by atoms with Crippen molar-refractivity contribution in [2.75, 3.05) is 0 Å². The standard InChI is InChI=1S/C11H8BrN3/c1-7-11(15-10(6-13)14-7)8-2-4-9(12)5-3-8/h2-5H,1H3,(H,14,15). The van der Waals surface area contributed by atoms with Crippen LogP contribution < -0.4 is 0 Å². The van der Waals surface area contributed by atoms with Crippen molar-refractivity contribution in [3.8, 4) is 17.3 Å². The Morgan fingerprint density at radius 3 is 2.53 bits per heavy atom. The second-order valence-corrected chi connectivity index (χ2v) is 4.09. The van der Waals surface area contributed by atoms with Crippen LogP contribution in [-0.4, -0.2) is 9.97 Å². The quantitative estimate of drug-likeness (QED) is 0.858. The largest absolute Gasteiger partial charge is 0.333 e. The first-order chi connectivity index (χ1) is 7.20. The average molecular weight is 262 g/mol. The molecule has 0 aliphatic rings. The lowest BCUT2D eigenvalue weighted by atomic mass is 10.1. The van der Waals surface area contributed by atoms with Crippen LogP contribution >= 0.6 is 15.9 Å². The van der Waals surface area contributed by atoms with Gasteiger partial charge in [0, 0.05) is 15.7 Å². The van der Waals surface area contributed by atoms with E-state index < -0.39 is 0 Å². The van der Waals surface area contributed by atoms with Crippen molar-refractivity contribution in [3.05, 3.63) is 40.3 Å². The summed E-state index contributed by atoms with van der Waals surface area (Å²) in [5.74, 6) is 0.352. The minimum Gasteiger partial charge on any atom is -0.333 e. The molecule has 0 aliphatic carbocycles. The molecule has 0 bridgehead atoms. The maximum atomic E-state index is 8.72. The molecule has 15 heavy (non-hydrogen) atoms. The van der Waals surface area contributed by atoms with Gasteiger partial charge in [-0.1, -0.05) is 28.1 Å². The molecule has 0 saturated heterocycles. The van der Waals surface area contributed by atoms with Gasteiger partial charge >= 0.3 is 0 Å². The summed E-state index contributed by atoms with van der Waals surface area (Å²) in [5.41, 5.74) is 2.75. The summed E-state index contributed by atoms with van der Waals surface area (Å²) in [6.45, 7) is 1.91. The highest BCUT2D eigenvalue weighted by atomic mass is 79.9. The van der Waals surface area contributed by atoms with Gasteiger partial charge in [0.2, 0.25) is 5.82 Å². The molecule has 0 spiro atoms. The van der Waals surface area contributed by atoms with Gasteiger partial charge in [0.05, 0.1) is 5.69 Å². The Hall–Kier alpha value is -1.60. The average Bonchev–Trinajstić information content (AvgIpc) is 2.61. The van der Waals surface area contributed by atoms with E-state index in [4.69, 9.17) is 5.26 Å². The summed E-state index contributed by atoms with van der Waals surface area (Å²) in [6.07, 6.45) is 0. The SMILES string of the molecule is Cc1[nH]c(C#N)nc1-c1ccc(Br)cc1. The molecule has 1 N–H and O–H groups in total. The predicted molar refractivity (Wildman–Crippen MR) is 61.2 cm³/mol. The Kier molecular flexibility index (Phi) is 2.57. The predicted octanol–water partition coefficient (Wildman–Crippen LogP) is 3.02. The summed E-state index contributed by atoms with van der Waals surface area (Å²) in [6, 6.07) is 9.83. The number of hydrogen-bond donors (Lipinski definition) is 1. The van der Waals surface area contributed by atoms with E-state index in [1.54, 1.807) is 0 Å². The molecule has 3 nitrogen and oxygen atoms in total. The number of nitriles is 1. The summed E-state index contributed by atoms with van der Waals surface area (Å²) < 4.78 is 1.03. The number of nitrogens with zero attached hydrogens (tertiary/aromatic N) is 2. The highest BCUT2D eigenvalue weighted by molar-refractivity contribution is 9.10. The highest BCUT2D eigenvalue weighted by Crippen LogP contribution is 2.22. The Morgan fingerprint density at radius 2 is 2.00 bits per heavy atom. The van der Waals surface area contributed by atoms with E-state index >= 15 is 0 Å². The molecule has 2 aromatic rings. The molecule has 74 valence electrons. The number of aryl methyl sites for hydroxylation is 1. The Labute approximate surface area is 95.9 Å². The maximum absolute atomic E-state index is 8.72. The minimum absolute atomic E-state index is 0.352. The molecule has 1 heterocycles. The number of halogens is 1. The molecular formula is C11H8BrN3. The van der Waals surface area contributed by atoms with Crippen molar-refractivity contribution in [2.24, 2.45) is 0 Å². The van der Waals surface area contributed by atoms with Crippen molar-refractivity contribution in [2.45, 2.75) is 6.92 Å². The first-order valence-electron chi connectivity index (χ1n) is 4.43. The van der Waals surface area contributed by atoms with Crippen LogP contribution in [0.1, 0.15) is 11.5 Å². The van der Waals surface area contributed by atoms with E-state index in [0.29, 0.717) is 5.82 Å². The zero-order valence-corrected chi connectivity index (χ0v) is 9.67. The molecule has 2 rings (SSSR count). The number of aromatic nitrogens is 2. The number of benzene rings is 1. The summed E-state index contributed by atoms with van der Waals surface area (Å²) >= 11 is 3.37. The fraction of sp³-hybridized carbons (Fsp3) is 0.0909. The van der Waals surface area contributed by atoms with E-state index in [2.05, 4.69) is 25.9 Å². The van der Waals surface area contributed by atoms with Crippen LogP contribution in [0.3, 0.4) is 0 Å². The van der Waals surface area contributed by atoms with Crippen molar-refractivity contribution < 1.29 is 0 Å². The molecule has 1 aromatic heterocycles. The van der Waals surface area contributed by atoms with E-state index in [-0.39, 0.29) is 0 Å². The van der Waals surface area contributed by atoms with Crippen molar-refractivity contribution >= 4 is 15.9 Å². The number of rotatable bonds is 1. The van der Waals surface area contributed by atoms with Gasteiger partial charge < -0.3 is 4.98 Å². The third-order valence-electron chi connectivity index (χ3n) is 2.11. The molecule has 0 saturated carbocycles. The third-order valence-corrected chi connectivity index (χ3v) is 2.64. The number of nitrogens with one attached hydrogen (secondary N) is 1.